The van der Waals surface area contributed by atoms with Crippen LogP contribution >= 0.6 is 0 Å². The Morgan fingerprint density at radius 3 is 2.56 bits per heavy atom. The number of ether oxygens (including phenoxy) is 1. The molecule has 7 nitrogen and oxygen atoms in total. The van der Waals surface area contributed by atoms with Gasteiger partial charge in [0.15, 0.2) is 0 Å². The summed E-state index contributed by atoms with van der Waals surface area (Å²) in [5.41, 5.74) is 0. The molecule has 0 aliphatic carbocycles. The number of hydrogen-bond donors (Lipinski definition) is 3. The first-order chi connectivity index (χ1) is 8.56. The van der Waals surface area contributed by atoms with Gasteiger partial charge >= 0.3 is 12.0 Å². The maximum atomic E-state index is 11.1. The summed E-state index contributed by atoms with van der Waals surface area (Å²) in [7, 11) is 0. The lowest BCUT2D eigenvalue weighted by Crippen LogP contribution is -2.39. The number of carbonyl (C=O) groups is 3. The Morgan fingerprint density at radius 1 is 1.22 bits per heavy atom. The highest BCUT2D eigenvalue weighted by Gasteiger charge is 2.03. The summed E-state index contributed by atoms with van der Waals surface area (Å²) in [6.45, 7) is 3.61. The fourth-order valence-corrected chi connectivity index (χ4v) is 0.967. The number of amides is 3. The number of carboxylic acids is 1. The minimum absolute atomic E-state index is 0.380. The van der Waals surface area contributed by atoms with Crippen molar-refractivity contribution < 1.29 is 24.2 Å². The van der Waals surface area contributed by atoms with Gasteiger partial charge in [0.25, 0.3) is 5.91 Å². The van der Waals surface area contributed by atoms with Gasteiger partial charge in [-0.2, -0.15) is 0 Å². The van der Waals surface area contributed by atoms with Crippen LogP contribution in [0.4, 0.5) is 4.79 Å². The second kappa shape index (κ2) is 10.3. The zero-order chi connectivity index (χ0) is 13.8. The molecule has 0 bridgehead atoms. The Labute approximate surface area is 105 Å². The predicted molar refractivity (Wildman–Crippen MR) is 64.0 cm³/mol. The third-order valence-electron chi connectivity index (χ3n) is 1.71. The maximum Gasteiger partial charge on any atom is 0.328 e. The molecule has 0 heterocycles. The Balaban J connectivity index is 3.59. The van der Waals surface area contributed by atoms with E-state index >= 15 is 0 Å². The predicted octanol–water partition coefficient (Wildman–Crippen LogP) is 0.270. The average Bonchev–Trinajstić information content (AvgIpc) is 2.31. The van der Waals surface area contributed by atoms with Gasteiger partial charge in [-0.25, -0.2) is 9.59 Å². The summed E-state index contributed by atoms with van der Waals surface area (Å²) in [5.74, 6) is -2.03. The van der Waals surface area contributed by atoms with Crippen LogP contribution < -0.4 is 10.6 Å². The van der Waals surface area contributed by atoms with Crippen molar-refractivity contribution in [2.24, 2.45) is 0 Å². The standard InChI is InChI=1S/C11H18N2O5/c1-2-7-18-8-3-6-12-11(17)13-9(14)4-5-10(15)16/h4-5H,2-3,6-8H2,1H3,(H,15,16)(H2,12,13,14,17)/b5-4+. The van der Waals surface area contributed by atoms with Crippen LogP contribution in [0, 0.1) is 0 Å². The van der Waals surface area contributed by atoms with E-state index in [4.69, 9.17) is 9.84 Å². The van der Waals surface area contributed by atoms with E-state index in [1.165, 1.54) is 0 Å². The van der Waals surface area contributed by atoms with Crippen molar-refractivity contribution in [2.75, 3.05) is 19.8 Å². The second-order valence-electron chi connectivity index (χ2n) is 3.38. The van der Waals surface area contributed by atoms with Gasteiger partial charge in [-0.3, -0.25) is 10.1 Å². The summed E-state index contributed by atoms with van der Waals surface area (Å²) in [4.78, 5) is 32.2. The van der Waals surface area contributed by atoms with Crippen LogP contribution in [-0.4, -0.2) is 42.8 Å². The summed E-state index contributed by atoms with van der Waals surface area (Å²) >= 11 is 0. The molecule has 0 spiro atoms. The molecule has 0 unspecified atom stereocenters. The molecule has 7 heteroatoms. The van der Waals surface area contributed by atoms with Crippen LogP contribution in [0.2, 0.25) is 0 Å². The monoisotopic (exact) mass is 258 g/mol. The SMILES string of the molecule is CCCOCCCNC(=O)NC(=O)/C=C/C(=O)O. The highest BCUT2D eigenvalue weighted by Crippen LogP contribution is 1.84. The number of urea groups is 1. The largest absolute Gasteiger partial charge is 0.478 e. The summed E-state index contributed by atoms with van der Waals surface area (Å²) in [5, 5.41) is 12.7. The quantitative estimate of drug-likeness (QED) is 0.428. The highest BCUT2D eigenvalue weighted by molar-refractivity contribution is 6.02. The van der Waals surface area contributed by atoms with E-state index in [1.54, 1.807) is 0 Å². The topological polar surface area (TPSA) is 105 Å². The molecule has 18 heavy (non-hydrogen) atoms. The first kappa shape index (κ1) is 16.1. The van der Waals surface area contributed by atoms with Gasteiger partial charge in [-0.05, 0) is 12.8 Å². The molecule has 0 aliphatic heterocycles. The van der Waals surface area contributed by atoms with Gasteiger partial charge < -0.3 is 15.2 Å². The van der Waals surface area contributed by atoms with E-state index in [9.17, 15) is 14.4 Å². The maximum absolute atomic E-state index is 11.1. The number of carbonyl (C=O) groups excluding carboxylic acids is 2. The number of hydrogen-bond acceptors (Lipinski definition) is 4. The fourth-order valence-electron chi connectivity index (χ4n) is 0.967. The van der Waals surface area contributed by atoms with Crippen LogP contribution in [0.3, 0.4) is 0 Å². The number of carboxylic acid groups (broad SMARTS) is 1. The molecule has 0 aliphatic rings. The lowest BCUT2D eigenvalue weighted by molar-refractivity contribution is -0.131. The first-order valence-corrected chi connectivity index (χ1v) is 5.63. The van der Waals surface area contributed by atoms with Crippen LogP contribution in [0.15, 0.2) is 12.2 Å². The Bertz CT molecular complexity index is 315. The molecule has 0 atom stereocenters. The molecule has 0 saturated heterocycles. The van der Waals surface area contributed by atoms with Crippen molar-refractivity contribution in [3.63, 3.8) is 0 Å². The molecule has 0 aromatic rings. The van der Waals surface area contributed by atoms with Gasteiger partial charge in [-0.1, -0.05) is 6.92 Å². The Morgan fingerprint density at radius 2 is 1.94 bits per heavy atom. The molecule has 3 amide bonds. The lowest BCUT2D eigenvalue weighted by Gasteiger charge is -2.05. The molecule has 102 valence electrons. The van der Waals surface area contributed by atoms with E-state index in [2.05, 4.69) is 5.32 Å². The normalized spacial score (nSPS) is 10.3. The molecule has 3 N–H and O–H groups in total. The molecule has 0 aromatic heterocycles. The second-order valence-corrected chi connectivity index (χ2v) is 3.38. The lowest BCUT2D eigenvalue weighted by atomic mass is 10.4. The molecule has 0 rings (SSSR count). The van der Waals surface area contributed by atoms with E-state index in [1.807, 2.05) is 12.2 Å². The van der Waals surface area contributed by atoms with Crippen LogP contribution in [-0.2, 0) is 14.3 Å². The molecule has 0 fully saturated rings. The minimum Gasteiger partial charge on any atom is -0.478 e. The van der Waals surface area contributed by atoms with Crippen molar-refractivity contribution in [2.45, 2.75) is 19.8 Å². The molecular formula is C11H18N2O5. The van der Waals surface area contributed by atoms with E-state index in [0.29, 0.717) is 32.3 Å². The average molecular weight is 258 g/mol. The molecular weight excluding hydrogens is 240 g/mol. The van der Waals surface area contributed by atoms with Crippen molar-refractivity contribution in [3.05, 3.63) is 12.2 Å². The first-order valence-electron chi connectivity index (χ1n) is 5.63. The third kappa shape index (κ3) is 10.6. The summed E-state index contributed by atoms with van der Waals surface area (Å²) < 4.78 is 5.20. The van der Waals surface area contributed by atoms with Gasteiger partial charge in [0.1, 0.15) is 0 Å². The molecule has 0 aromatic carbocycles. The van der Waals surface area contributed by atoms with Crippen LogP contribution in [0.25, 0.3) is 0 Å². The molecule has 0 radical (unpaired) electrons. The van der Waals surface area contributed by atoms with E-state index in [0.717, 1.165) is 12.5 Å². The van der Waals surface area contributed by atoms with Gasteiger partial charge in [0.2, 0.25) is 0 Å². The number of aliphatic carboxylic acids is 1. The summed E-state index contributed by atoms with van der Waals surface area (Å²) in [6.07, 6.45) is 3.01. The van der Waals surface area contributed by atoms with E-state index in [-0.39, 0.29) is 0 Å². The van der Waals surface area contributed by atoms with Crippen molar-refractivity contribution in [3.8, 4) is 0 Å². The number of rotatable bonds is 8. The number of nitrogens with one attached hydrogen (secondary N) is 2. The Kier molecular flexibility index (Phi) is 9.20. The van der Waals surface area contributed by atoms with Crippen LogP contribution in [0.5, 0.6) is 0 Å². The highest BCUT2D eigenvalue weighted by atomic mass is 16.5. The summed E-state index contributed by atoms with van der Waals surface area (Å²) in [6, 6.07) is -0.662. The van der Waals surface area contributed by atoms with Gasteiger partial charge in [-0.15, -0.1) is 0 Å². The smallest absolute Gasteiger partial charge is 0.328 e. The van der Waals surface area contributed by atoms with Crippen LogP contribution in [0.1, 0.15) is 19.8 Å². The van der Waals surface area contributed by atoms with Gasteiger partial charge in [0.05, 0.1) is 0 Å². The van der Waals surface area contributed by atoms with Crippen molar-refractivity contribution in [1.29, 1.82) is 0 Å². The minimum atomic E-state index is -1.25. The Hall–Kier alpha value is -1.89. The zero-order valence-electron chi connectivity index (χ0n) is 10.3. The number of imide groups is 1. The van der Waals surface area contributed by atoms with Crippen molar-refractivity contribution in [1.82, 2.24) is 10.6 Å². The fraction of sp³-hybridized carbons (Fsp3) is 0.545. The zero-order valence-corrected chi connectivity index (χ0v) is 10.3. The third-order valence-corrected chi connectivity index (χ3v) is 1.71. The van der Waals surface area contributed by atoms with Gasteiger partial charge in [0, 0.05) is 31.9 Å². The van der Waals surface area contributed by atoms with E-state index < -0.39 is 17.9 Å². The molecule has 0 saturated carbocycles. The van der Waals surface area contributed by atoms with Crippen molar-refractivity contribution >= 4 is 17.9 Å².